The topological polar surface area (TPSA) is 100 Å². The van der Waals surface area contributed by atoms with Gasteiger partial charge in [0.25, 0.3) is 0 Å². The molecule has 43 heavy (non-hydrogen) atoms. The molecule has 1 heterocycles. The molecule has 0 radical (unpaired) electrons. The van der Waals surface area contributed by atoms with Crippen LogP contribution < -0.4 is 4.74 Å². The van der Waals surface area contributed by atoms with Gasteiger partial charge < -0.3 is 28.5 Å². The molecule has 1 N–H and O–H groups in total. The van der Waals surface area contributed by atoms with Gasteiger partial charge in [0.1, 0.15) is 17.2 Å². The van der Waals surface area contributed by atoms with Crippen LogP contribution in [0.3, 0.4) is 0 Å². The van der Waals surface area contributed by atoms with E-state index in [9.17, 15) is 36.2 Å². The lowest BCUT2D eigenvalue weighted by atomic mass is 9.95. The predicted octanol–water partition coefficient (Wildman–Crippen LogP) is 7.08. The summed E-state index contributed by atoms with van der Waals surface area (Å²) in [6.45, 7) is 1.29. The first-order valence-electron chi connectivity index (χ1n) is 13.3. The fourth-order valence-corrected chi connectivity index (χ4v) is 4.51. The third-order valence-electron chi connectivity index (χ3n) is 6.73. The minimum absolute atomic E-state index is 0.0828. The predicted molar refractivity (Wildman–Crippen MR) is 138 cm³/mol. The first-order chi connectivity index (χ1) is 20.3. The van der Waals surface area contributed by atoms with Crippen molar-refractivity contribution in [2.24, 2.45) is 0 Å². The number of oxazole rings is 1. The molecule has 0 amide bonds. The van der Waals surface area contributed by atoms with Gasteiger partial charge in [0.05, 0.1) is 37.6 Å². The monoisotopic (exact) mass is 617 g/mol. The zero-order chi connectivity index (χ0) is 31.2. The Bertz CT molecular complexity index is 1360. The van der Waals surface area contributed by atoms with E-state index in [0.29, 0.717) is 35.4 Å². The summed E-state index contributed by atoms with van der Waals surface area (Å²) in [4.78, 5) is 16.0. The van der Waals surface area contributed by atoms with Crippen molar-refractivity contribution in [3.05, 3.63) is 71.1 Å². The summed E-state index contributed by atoms with van der Waals surface area (Å²) in [5.74, 6) is -1.11. The number of rotatable bonds is 12. The third-order valence-corrected chi connectivity index (χ3v) is 6.73. The Morgan fingerprint density at radius 2 is 1.72 bits per heavy atom. The third kappa shape index (κ3) is 9.70. The lowest BCUT2D eigenvalue weighted by Gasteiger charge is -2.29. The molecule has 1 aliphatic carbocycles. The summed E-state index contributed by atoms with van der Waals surface area (Å²) in [5.41, 5.74) is 0.352. The molecule has 1 unspecified atom stereocenters. The van der Waals surface area contributed by atoms with Gasteiger partial charge in [-0.15, -0.1) is 13.2 Å². The quantitative estimate of drug-likeness (QED) is 0.215. The second kappa shape index (κ2) is 13.8. The Hall–Kier alpha value is -3.62. The average molecular weight is 618 g/mol. The van der Waals surface area contributed by atoms with Crippen LogP contribution in [0, 0.1) is 6.92 Å². The molecule has 8 nitrogen and oxygen atoms in total. The molecule has 3 aromatic rings. The van der Waals surface area contributed by atoms with Gasteiger partial charge in [-0.3, -0.25) is 0 Å². The fourth-order valence-electron chi connectivity index (χ4n) is 4.51. The summed E-state index contributed by atoms with van der Waals surface area (Å²) in [6.07, 6.45) is -8.51. The first-order valence-corrected chi connectivity index (χ1v) is 13.3. The number of alkyl halides is 6. The molecule has 234 valence electrons. The van der Waals surface area contributed by atoms with E-state index in [1.54, 1.807) is 13.0 Å². The molecule has 3 atom stereocenters. The zero-order valence-corrected chi connectivity index (χ0v) is 22.9. The molecule has 1 fully saturated rings. The van der Waals surface area contributed by atoms with Crippen molar-refractivity contribution in [2.45, 2.75) is 76.7 Å². The van der Waals surface area contributed by atoms with Crippen molar-refractivity contribution in [1.29, 1.82) is 0 Å². The van der Waals surface area contributed by atoms with Crippen molar-refractivity contribution in [2.75, 3.05) is 6.61 Å². The molecule has 2 aromatic carbocycles. The molecule has 4 rings (SSSR count). The standard InChI is InChI=1S/C29H29F6NO7/c1-17-24(36-26(42-17)19-4-2-7-23(12-19)43-29(33,34)35)15-39-21-5-3-6-22(13-21)40-16-25(27(37)38)41-14-18-8-10-20(11-9-18)28(30,31)32/h2,4,7-12,21-22,25H,3,5-6,13-16H2,1H3,(H,37,38)/t21-,22+,25?/m0/s1. The number of aliphatic carboxylic acids is 1. The minimum atomic E-state index is -4.83. The SMILES string of the molecule is Cc1oc(-c2cccc(OC(F)(F)F)c2)nc1CO[C@H]1CCC[C@@H](OCC(OCc2ccc(C(F)(F)F)cc2)C(=O)O)C1. The highest BCUT2D eigenvalue weighted by Crippen LogP contribution is 2.31. The second-order valence-corrected chi connectivity index (χ2v) is 9.99. The van der Waals surface area contributed by atoms with Gasteiger partial charge in [-0.25, -0.2) is 9.78 Å². The van der Waals surface area contributed by atoms with E-state index in [1.807, 2.05) is 0 Å². The number of benzene rings is 2. The number of hydrogen-bond acceptors (Lipinski definition) is 7. The van der Waals surface area contributed by atoms with Gasteiger partial charge in [-0.2, -0.15) is 13.2 Å². The van der Waals surface area contributed by atoms with Crippen LogP contribution >= 0.6 is 0 Å². The smallest absolute Gasteiger partial charge is 0.479 e. The highest BCUT2D eigenvalue weighted by atomic mass is 19.4. The van der Waals surface area contributed by atoms with Crippen LogP contribution in [-0.2, 0) is 38.4 Å². The molecular weight excluding hydrogens is 588 g/mol. The number of carbonyl (C=O) groups is 1. The van der Waals surface area contributed by atoms with Crippen LogP contribution in [0.4, 0.5) is 26.3 Å². The van der Waals surface area contributed by atoms with Crippen LogP contribution in [0.15, 0.2) is 52.9 Å². The van der Waals surface area contributed by atoms with Gasteiger partial charge in [0.2, 0.25) is 5.89 Å². The molecule has 1 aromatic heterocycles. The van der Waals surface area contributed by atoms with Crippen molar-refractivity contribution < 1.29 is 59.6 Å². The Balaban J connectivity index is 1.26. The maximum absolute atomic E-state index is 12.7. The number of nitrogens with zero attached hydrogens (tertiary/aromatic N) is 1. The number of aromatic nitrogens is 1. The first kappa shape index (κ1) is 32.3. The summed E-state index contributed by atoms with van der Waals surface area (Å²) in [6, 6.07) is 9.53. The second-order valence-electron chi connectivity index (χ2n) is 9.99. The van der Waals surface area contributed by atoms with Crippen LogP contribution in [0.1, 0.15) is 48.3 Å². The van der Waals surface area contributed by atoms with E-state index < -0.39 is 35.9 Å². The molecule has 1 aliphatic rings. The Morgan fingerprint density at radius 1 is 1.02 bits per heavy atom. The van der Waals surface area contributed by atoms with E-state index in [0.717, 1.165) is 25.0 Å². The Labute approximate surface area is 242 Å². The summed E-state index contributed by atoms with van der Waals surface area (Å²) in [7, 11) is 0. The highest BCUT2D eigenvalue weighted by molar-refractivity contribution is 5.72. The van der Waals surface area contributed by atoms with E-state index >= 15 is 0 Å². The molecule has 0 aliphatic heterocycles. The fraction of sp³-hybridized carbons (Fsp3) is 0.448. The zero-order valence-electron chi connectivity index (χ0n) is 22.9. The van der Waals surface area contributed by atoms with Gasteiger partial charge in [-0.1, -0.05) is 18.2 Å². The van der Waals surface area contributed by atoms with E-state index in [4.69, 9.17) is 18.6 Å². The lowest BCUT2D eigenvalue weighted by molar-refractivity contribution is -0.274. The van der Waals surface area contributed by atoms with Crippen LogP contribution in [0.2, 0.25) is 0 Å². The maximum atomic E-state index is 12.7. The number of carboxylic acids is 1. The number of hydrogen-bond donors (Lipinski definition) is 1. The Kier molecular flexibility index (Phi) is 10.4. The van der Waals surface area contributed by atoms with Crippen LogP contribution in [0.25, 0.3) is 11.5 Å². The van der Waals surface area contributed by atoms with E-state index in [-0.39, 0.29) is 37.9 Å². The van der Waals surface area contributed by atoms with Crippen molar-refractivity contribution >= 4 is 5.97 Å². The molecular formula is C29H29F6NO7. The molecule has 0 spiro atoms. The number of carboxylic acid groups (broad SMARTS) is 1. The normalized spacial score (nSPS) is 18.4. The Morgan fingerprint density at radius 3 is 2.37 bits per heavy atom. The van der Waals surface area contributed by atoms with Gasteiger partial charge in [0.15, 0.2) is 6.10 Å². The van der Waals surface area contributed by atoms with Crippen LogP contribution in [-0.4, -0.2) is 47.3 Å². The number of halogens is 6. The largest absolute Gasteiger partial charge is 0.573 e. The van der Waals surface area contributed by atoms with Crippen molar-refractivity contribution in [3.8, 4) is 17.2 Å². The van der Waals surface area contributed by atoms with Crippen LogP contribution in [0.5, 0.6) is 5.75 Å². The maximum Gasteiger partial charge on any atom is 0.573 e. The van der Waals surface area contributed by atoms with E-state index in [2.05, 4.69) is 9.72 Å². The molecule has 14 heteroatoms. The van der Waals surface area contributed by atoms with Crippen molar-refractivity contribution in [1.82, 2.24) is 4.98 Å². The summed E-state index contributed by atoms with van der Waals surface area (Å²) >= 11 is 0. The molecule has 0 bridgehead atoms. The summed E-state index contributed by atoms with van der Waals surface area (Å²) < 4.78 is 103. The molecule has 0 saturated heterocycles. The number of aryl methyl sites for hydroxylation is 1. The summed E-state index contributed by atoms with van der Waals surface area (Å²) in [5, 5.41) is 9.52. The van der Waals surface area contributed by atoms with Gasteiger partial charge >= 0.3 is 18.5 Å². The van der Waals surface area contributed by atoms with Crippen molar-refractivity contribution in [3.63, 3.8) is 0 Å². The minimum Gasteiger partial charge on any atom is -0.479 e. The van der Waals surface area contributed by atoms with Gasteiger partial charge in [-0.05, 0) is 68.5 Å². The lowest BCUT2D eigenvalue weighted by Crippen LogP contribution is -2.34. The van der Waals surface area contributed by atoms with E-state index in [1.165, 1.54) is 30.3 Å². The number of ether oxygens (including phenoxy) is 4. The average Bonchev–Trinajstić information content (AvgIpc) is 3.31. The highest BCUT2D eigenvalue weighted by Gasteiger charge is 2.32. The molecule has 1 saturated carbocycles. The van der Waals surface area contributed by atoms with Gasteiger partial charge in [0, 0.05) is 5.56 Å².